The molecule has 29 heavy (non-hydrogen) atoms. The third-order valence-corrected chi connectivity index (χ3v) is 5.59. The van der Waals surface area contributed by atoms with Gasteiger partial charge in [-0.3, -0.25) is 0 Å². The molecule has 0 bridgehead atoms. The summed E-state index contributed by atoms with van der Waals surface area (Å²) >= 11 is 0. The molecule has 5 aromatic rings. The van der Waals surface area contributed by atoms with Crippen molar-refractivity contribution < 1.29 is 0 Å². The van der Waals surface area contributed by atoms with Crippen LogP contribution in [0.25, 0.3) is 44.1 Å². The molecule has 140 valence electrons. The first-order chi connectivity index (χ1) is 14.2. The normalized spacial score (nSPS) is 11.4. The maximum atomic E-state index is 4.59. The molecule has 0 saturated carbocycles. The lowest BCUT2D eigenvalue weighted by atomic mass is 9.96. The molecular weight excluding hydrogens is 352 g/mol. The van der Waals surface area contributed by atoms with Crippen molar-refractivity contribution in [3.63, 3.8) is 0 Å². The Kier molecular flexibility index (Phi) is 4.33. The fourth-order valence-electron chi connectivity index (χ4n) is 3.96. The van der Waals surface area contributed by atoms with Crippen LogP contribution >= 0.6 is 0 Å². The highest BCUT2D eigenvalue weighted by Crippen LogP contribution is 2.33. The highest BCUT2D eigenvalue weighted by atomic mass is 14.8. The smallest absolute Gasteiger partial charge is 0.116 e. The van der Waals surface area contributed by atoms with Gasteiger partial charge in [0, 0.05) is 10.9 Å². The first kappa shape index (κ1) is 17.6. The van der Waals surface area contributed by atoms with Crippen LogP contribution in [-0.4, -0.2) is 9.97 Å². The Hall–Kier alpha value is -3.52. The fourth-order valence-corrected chi connectivity index (χ4v) is 3.96. The van der Waals surface area contributed by atoms with Gasteiger partial charge in [-0.1, -0.05) is 86.6 Å². The minimum Gasteiger partial charge on any atom is -0.236 e. The quantitative estimate of drug-likeness (QED) is 0.332. The molecule has 0 atom stereocenters. The summed E-state index contributed by atoms with van der Waals surface area (Å²) in [6, 6.07) is 30.2. The number of fused-ring (bicyclic) bond motifs is 2. The van der Waals surface area contributed by atoms with Crippen molar-refractivity contribution in [3.05, 3.63) is 96.8 Å². The molecule has 1 heterocycles. The Balaban J connectivity index is 1.64. The van der Waals surface area contributed by atoms with E-state index in [-0.39, 0.29) is 0 Å². The van der Waals surface area contributed by atoms with E-state index in [1.807, 2.05) is 0 Å². The molecule has 0 aliphatic carbocycles. The molecule has 4 aromatic carbocycles. The van der Waals surface area contributed by atoms with Crippen LogP contribution in [0.15, 0.2) is 91.3 Å². The highest BCUT2D eigenvalue weighted by molar-refractivity contribution is 6.00. The van der Waals surface area contributed by atoms with Gasteiger partial charge in [-0.25, -0.2) is 9.97 Å². The Bertz CT molecular complexity index is 1310. The van der Waals surface area contributed by atoms with Crippen LogP contribution in [0.4, 0.5) is 0 Å². The van der Waals surface area contributed by atoms with Crippen LogP contribution in [0.3, 0.4) is 0 Å². The van der Waals surface area contributed by atoms with E-state index in [9.17, 15) is 0 Å². The van der Waals surface area contributed by atoms with Crippen molar-refractivity contribution >= 4 is 21.7 Å². The maximum absolute atomic E-state index is 4.59. The summed E-state index contributed by atoms with van der Waals surface area (Å²) < 4.78 is 0. The monoisotopic (exact) mass is 374 g/mol. The van der Waals surface area contributed by atoms with Crippen molar-refractivity contribution in [2.45, 2.75) is 19.8 Å². The molecule has 0 aliphatic heterocycles. The molecule has 0 aliphatic rings. The maximum Gasteiger partial charge on any atom is 0.116 e. The lowest BCUT2D eigenvalue weighted by Gasteiger charge is -2.11. The molecule has 2 nitrogen and oxygen atoms in total. The SMILES string of the molecule is CC(C)c1ccc(-c2ncnc3cc(-c4cccc5ccccc45)ccc23)cc1. The predicted molar refractivity (Wildman–Crippen MR) is 122 cm³/mol. The van der Waals surface area contributed by atoms with Crippen LogP contribution < -0.4 is 0 Å². The summed E-state index contributed by atoms with van der Waals surface area (Å²) in [4.78, 5) is 9.16. The summed E-state index contributed by atoms with van der Waals surface area (Å²) in [5.41, 5.74) is 6.81. The topological polar surface area (TPSA) is 25.8 Å². The lowest BCUT2D eigenvalue weighted by Crippen LogP contribution is -1.91. The molecule has 0 fully saturated rings. The van der Waals surface area contributed by atoms with Crippen LogP contribution in [-0.2, 0) is 0 Å². The second-order valence-electron chi connectivity index (χ2n) is 7.76. The first-order valence-electron chi connectivity index (χ1n) is 10.0. The van der Waals surface area contributed by atoms with E-state index in [0.717, 1.165) is 22.2 Å². The van der Waals surface area contributed by atoms with Crippen LogP contribution in [0, 0.1) is 0 Å². The summed E-state index contributed by atoms with van der Waals surface area (Å²) in [5, 5.41) is 3.58. The molecule has 1 aromatic heterocycles. The van der Waals surface area contributed by atoms with Gasteiger partial charge in [-0.15, -0.1) is 0 Å². The zero-order valence-corrected chi connectivity index (χ0v) is 16.6. The number of benzene rings is 4. The molecule has 0 saturated heterocycles. The minimum absolute atomic E-state index is 0.523. The molecule has 0 radical (unpaired) electrons. The van der Waals surface area contributed by atoms with Crippen LogP contribution in [0.1, 0.15) is 25.3 Å². The summed E-state index contributed by atoms with van der Waals surface area (Å²) in [7, 11) is 0. The van der Waals surface area contributed by atoms with Crippen molar-refractivity contribution in [2.75, 3.05) is 0 Å². The number of nitrogens with zero attached hydrogens (tertiary/aromatic N) is 2. The molecular formula is C27H22N2. The Morgan fingerprint density at radius 2 is 1.41 bits per heavy atom. The van der Waals surface area contributed by atoms with Gasteiger partial charge in [-0.05, 0) is 45.5 Å². The predicted octanol–water partition coefficient (Wildman–Crippen LogP) is 7.24. The third kappa shape index (κ3) is 3.17. The number of hydrogen-bond acceptors (Lipinski definition) is 2. The van der Waals surface area contributed by atoms with E-state index in [0.29, 0.717) is 5.92 Å². The van der Waals surface area contributed by atoms with Gasteiger partial charge < -0.3 is 0 Å². The molecule has 0 unspecified atom stereocenters. The zero-order valence-electron chi connectivity index (χ0n) is 16.6. The second kappa shape index (κ2) is 7.14. The van der Waals surface area contributed by atoms with Crippen LogP contribution in [0.2, 0.25) is 0 Å². The largest absolute Gasteiger partial charge is 0.236 e. The van der Waals surface area contributed by atoms with E-state index >= 15 is 0 Å². The van der Waals surface area contributed by atoms with Crippen molar-refractivity contribution in [1.82, 2.24) is 9.97 Å². The Labute approximate surface area is 170 Å². The molecule has 0 amide bonds. The standard InChI is InChI=1S/C27H22N2/c1-18(2)19-10-12-21(13-11-19)27-25-15-14-22(16-26(25)28-17-29-27)24-9-5-7-20-6-3-4-8-23(20)24/h3-18H,1-2H3. The minimum atomic E-state index is 0.523. The van der Waals surface area contributed by atoms with Crippen LogP contribution in [0.5, 0.6) is 0 Å². The Morgan fingerprint density at radius 3 is 2.24 bits per heavy atom. The molecule has 0 N–H and O–H groups in total. The van der Waals surface area contributed by atoms with E-state index < -0.39 is 0 Å². The number of rotatable bonds is 3. The van der Waals surface area contributed by atoms with Gasteiger partial charge in [0.25, 0.3) is 0 Å². The van der Waals surface area contributed by atoms with E-state index in [2.05, 4.69) is 109 Å². The summed E-state index contributed by atoms with van der Waals surface area (Å²) in [6.07, 6.45) is 1.67. The van der Waals surface area contributed by atoms with Crippen molar-refractivity contribution in [2.24, 2.45) is 0 Å². The number of hydrogen-bond donors (Lipinski definition) is 0. The zero-order chi connectivity index (χ0) is 19.8. The van der Waals surface area contributed by atoms with Crippen molar-refractivity contribution in [3.8, 4) is 22.4 Å². The second-order valence-corrected chi connectivity index (χ2v) is 7.76. The molecule has 2 heteroatoms. The molecule has 0 spiro atoms. The van der Waals surface area contributed by atoms with E-state index in [1.165, 1.54) is 27.5 Å². The summed E-state index contributed by atoms with van der Waals surface area (Å²) in [6.45, 7) is 4.42. The van der Waals surface area contributed by atoms with Crippen molar-refractivity contribution in [1.29, 1.82) is 0 Å². The third-order valence-electron chi connectivity index (χ3n) is 5.59. The van der Waals surface area contributed by atoms with Gasteiger partial charge in [0.2, 0.25) is 0 Å². The van der Waals surface area contributed by atoms with Gasteiger partial charge >= 0.3 is 0 Å². The van der Waals surface area contributed by atoms with E-state index in [4.69, 9.17) is 0 Å². The number of aromatic nitrogens is 2. The lowest BCUT2D eigenvalue weighted by molar-refractivity contribution is 0.867. The molecule has 5 rings (SSSR count). The van der Waals surface area contributed by atoms with Gasteiger partial charge in [0.1, 0.15) is 6.33 Å². The highest BCUT2D eigenvalue weighted by Gasteiger charge is 2.10. The van der Waals surface area contributed by atoms with E-state index in [1.54, 1.807) is 6.33 Å². The average molecular weight is 374 g/mol. The van der Waals surface area contributed by atoms with Gasteiger partial charge in [-0.2, -0.15) is 0 Å². The summed E-state index contributed by atoms with van der Waals surface area (Å²) in [5.74, 6) is 0.523. The fraction of sp³-hybridized carbons (Fsp3) is 0.111. The first-order valence-corrected chi connectivity index (χ1v) is 10.0. The average Bonchev–Trinajstić information content (AvgIpc) is 2.78. The van der Waals surface area contributed by atoms with Gasteiger partial charge in [0.05, 0.1) is 11.2 Å². The van der Waals surface area contributed by atoms with Gasteiger partial charge in [0.15, 0.2) is 0 Å². The Morgan fingerprint density at radius 1 is 0.655 bits per heavy atom.